The van der Waals surface area contributed by atoms with Crippen LogP contribution in [0.15, 0.2) is 36.7 Å². The molecular weight excluding hydrogens is 378 g/mol. The van der Waals surface area contributed by atoms with Gasteiger partial charge in [0.2, 0.25) is 0 Å². The zero-order valence-electron chi connectivity index (χ0n) is 16.6. The lowest BCUT2D eigenvalue weighted by Crippen LogP contribution is -2.62. The first kappa shape index (κ1) is 21.9. The van der Waals surface area contributed by atoms with E-state index >= 15 is 0 Å². The SMILES string of the molecule is CC1(C)CC(NC(=O)c2[nH]cnc2C(=O)Nc2ccccc2)CC(C)(C)N1.Cl. The first-order valence-electron chi connectivity index (χ1n) is 9.15. The van der Waals surface area contributed by atoms with Crippen LogP contribution in [0.4, 0.5) is 5.69 Å². The van der Waals surface area contributed by atoms with Crippen LogP contribution in [0.5, 0.6) is 0 Å². The standard InChI is InChI=1S/C20H27N5O2.ClH/c1-19(2)10-14(11-20(3,4)25-19)24-18(27)16-15(21-12-22-16)17(26)23-13-8-6-5-7-9-13;/h5-9,12,14,25H,10-11H2,1-4H3,(H,21,22)(H,23,26)(H,24,27);1H. The van der Waals surface area contributed by atoms with Gasteiger partial charge in [-0.15, -0.1) is 12.4 Å². The summed E-state index contributed by atoms with van der Waals surface area (Å²) >= 11 is 0. The number of carbonyl (C=O) groups is 2. The lowest BCUT2D eigenvalue weighted by atomic mass is 9.79. The van der Waals surface area contributed by atoms with E-state index in [1.165, 1.54) is 6.33 Å². The van der Waals surface area contributed by atoms with Crippen LogP contribution in [0.2, 0.25) is 0 Å². The number of nitrogens with one attached hydrogen (secondary N) is 4. The molecule has 4 N–H and O–H groups in total. The van der Waals surface area contributed by atoms with Crippen LogP contribution >= 0.6 is 12.4 Å². The Hall–Kier alpha value is -2.38. The number of imidazole rings is 1. The summed E-state index contributed by atoms with van der Waals surface area (Å²) in [6, 6.07) is 9.10. The van der Waals surface area contributed by atoms with Crippen LogP contribution < -0.4 is 16.0 Å². The number of piperidine rings is 1. The molecule has 1 aromatic heterocycles. The van der Waals surface area contributed by atoms with Crippen molar-refractivity contribution in [1.82, 2.24) is 20.6 Å². The average Bonchev–Trinajstić information content (AvgIpc) is 3.02. The van der Waals surface area contributed by atoms with E-state index in [0.717, 1.165) is 12.8 Å². The van der Waals surface area contributed by atoms with Crippen LogP contribution in [0.1, 0.15) is 61.5 Å². The second-order valence-corrected chi connectivity index (χ2v) is 8.42. The molecule has 1 aromatic carbocycles. The Morgan fingerprint density at radius 1 is 1.04 bits per heavy atom. The summed E-state index contributed by atoms with van der Waals surface area (Å²) < 4.78 is 0. The molecule has 1 aliphatic heterocycles. The van der Waals surface area contributed by atoms with E-state index in [2.05, 4.69) is 53.6 Å². The van der Waals surface area contributed by atoms with Crippen molar-refractivity contribution in [2.24, 2.45) is 0 Å². The van der Waals surface area contributed by atoms with Gasteiger partial charge in [0.1, 0.15) is 5.69 Å². The monoisotopic (exact) mass is 405 g/mol. The molecule has 2 amide bonds. The van der Waals surface area contributed by atoms with Gasteiger partial charge in [-0.1, -0.05) is 18.2 Å². The third kappa shape index (κ3) is 5.33. The number of aromatic nitrogens is 2. The van der Waals surface area contributed by atoms with Crippen molar-refractivity contribution in [1.29, 1.82) is 0 Å². The molecule has 2 heterocycles. The largest absolute Gasteiger partial charge is 0.348 e. The molecule has 1 fully saturated rings. The number of benzene rings is 1. The summed E-state index contributed by atoms with van der Waals surface area (Å²) in [5.74, 6) is -0.734. The van der Waals surface area contributed by atoms with Gasteiger partial charge in [0.25, 0.3) is 11.8 Å². The second-order valence-electron chi connectivity index (χ2n) is 8.42. The van der Waals surface area contributed by atoms with Gasteiger partial charge >= 0.3 is 0 Å². The Bertz CT molecular complexity index is 816. The van der Waals surface area contributed by atoms with Gasteiger partial charge in [-0.05, 0) is 52.7 Å². The molecule has 3 rings (SSSR count). The molecule has 0 atom stereocenters. The molecule has 0 spiro atoms. The number of aromatic amines is 1. The number of hydrogen-bond donors (Lipinski definition) is 4. The summed E-state index contributed by atoms with van der Waals surface area (Å²) in [4.78, 5) is 32.2. The quantitative estimate of drug-likeness (QED) is 0.628. The Balaban J connectivity index is 0.00000280. The summed E-state index contributed by atoms with van der Waals surface area (Å²) in [6.45, 7) is 8.51. The number of nitrogens with zero attached hydrogens (tertiary/aromatic N) is 1. The molecular formula is C20H28ClN5O2. The Morgan fingerprint density at radius 2 is 1.64 bits per heavy atom. The maximum Gasteiger partial charge on any atom is 0.276 e. The van der Waals surface area contributed by atoms with E-state index in [0.29, 0.717) is 5.69 Å². The Kier molecular flexibility index (Phi) is 6.52. The predicted molar refractivity (Wildman–Crippen MR) is 112 cm³/mol. The van der Waals surface area contributed by atoms with E-state index in [1.807, 2.05) is 18.2 Å². The number of hydrogen-bond acceptors (Lipinski definition) is 4. The predicted octanol–water partition coefficient (Wildman–Crippen LogP) is 3.12. The molecule has 7 nitrogen and oxygen atoms in total. The third-order valence-corrected chi connectivity index (χ3v) is 4.64. The number of halogens is 1. The summed E-state index contributed by atoms with van der Waals surface area (Å²) in [7, 11) is 0. The van der Waals surface area contributed by atoms with Crippen molar-refractivity contribution in [2.45, 2.75) is 57.7 Å². The molecule has 28 heavy (non-hydrogen) atoms. The highest BCUT2D eigenvalue weighted by molar-refractivity contribution is 6.10. The zero-order valence-corrected chi connectivity index (χ0v) is 17.4. The normalized spacial score (nSPS) is 18.0. The van der Waals surface area contributed by atoms with E-state index in [-0.39, 0.29) is 46.8 Å². The minimum Gasteiger partial charge on any atom is -0.348 e. The average molecular weight is 406 g/mol. The highest BCUT2D eigenvalue weighted by Gasteiger charge is 2.38. The summed E-state index contributed by atoms with van der Waals surface area (Å²) in [5.41, 5.74) is 0.752. The smallest absolute Gasteiger partial charge is 0.276 e. The Labute approximate surface area is 171 Å². The molecule has 152 valence electrons. The summed E-state index contributed by atoms with van der Waals surface area (Å²) in [6.07, 6.45) is 2.98. The maximum atomic E-state index is 12.8. The molecule has 1 aliphatic rings. The van der Waals surface area contributed by atoms with Crippen LogP contribution in [0.25, 0.3) is 0 Å². The molecule has 8 heteroatoms. The van der Waals surface area contributed by atoms with Crippen molar-refractivity contribution in [3.8, 4) is 0 Å². The van der Waals surface area contributed by atoms with Gasteiger partial charge in [-0.2, -0.15) is 0 Å². The third-order valence-electron chi connectivity index (χ3n) is 4.64. The number of rotatable bonds is 4. The van der Waals surface area contributed by atoms with Crippen LogP contribution in [0, 0.1) is 0 Å². The number of para-hydroxylation sites is 1. The van der Waals surface area contributed by atoms with E-state index in [4.69, 9.17) is 0 Å². The minimum absolute atomic E-state index is 0. The second kappa shape index (κ2) is 8.32. The molecule has 0 aliphatic carbocycles. The van der Waals surface area contributed by atoms with Crippen LogP contribution in [-0.4, -0.2) is 38.9 Å². The van der Waals surface area contributed by atoms with Crippen molar-refractivity contribution in [3.63, 3.8) is 0 Å². The van der Waals surface area contributed by atoms with Gasteiger partial charge in [0.15, 0.2) is 5.69 Å². The minimum atomic E-state index is -0.418. The number of amides is 2. The zero-order chi connectivity index (χ0) is 19.7. The van der Waals surface area contributed by atoms with Crippen molar-refractivity contribution in [2.75, 3.05) is 5.32 Å². The number of H-pyrrole nitrogens is 1. The topological polar surface area (TPSA) is 98.9 Å². The van der Waals surface area contributed by atoms with Crippen molar-refractivity contribution in [3.05, 3.63) is 48.0 Å². The highest BCUT2D eigenvalue weighted by atomic mass is 35.5. The van der Waals surface area contributed by atoms with Crippen molar-refractivity contribution < 1.29 is 9.59 Å². The van der Waals surface area contributed by atoms with Gasteiger partial charge in [0.05, 0.1) is 6.33 Å². The first-order chi connectivity index (χ1) is 12.7. The fraction of sp³-hybridized carbons (Fsp3) is 0.450. The maximum absolute atomic E-state index is 12.8. The van der Waals surface area contributed by atoms with Gasteiger partial charge < -0.3 is 20.9 Å². The molecule has 1 saturated heterocycles. The summed E-state index contributed by atoms with van der Waals surface area (Å²) in [5, 5.41) is 9.41. The van der Waals surface area contributed by atoms with E-state index in [1.54, 1.807) is 12.1 Å². The number of anilines is 1. The molecule has 0 bridgehead atoms. The lowest BCUT2D eigenvalue weighted by molar-refractivity contribution is 0.0861. The first-order valence-corrected chi connectivity index (χ1v) is 9.15. The molecule has 0 radical (unpaired) electrons. The highest BCUT2D eigenvalue weighted by Crippen LogP contribution is 2.28. The van der Waals surface area contributed by atoms with Crippen LogP contribution in [0.3, 0.4) is 0 Å². The van der Waals surface area contributed by atoms with Gasteiger partial charge in [-0.25, -0.2) is 4.98 Å². The van der Waals surface area contributed by atoms with Gasteiger partial charge in [-0.3, -0.25) is 9.59 Å². The van der Waals surface area contributed by atoms with E-state index < -0.39 is 5.91 Å². The Morgan fingerprint density at radius 3 is 2.25 bits per heavy atom. The van der Waals surface area contributed by atoms with Crippen LogP contribution in [-0.2, 0) is 0 Å². The molecule has 0 unspecified atom stereocenters. The molecule has 2 aromatic rings. The van der Waals surface area contributed by atoms with Gasteiger partial charge in [0, 0.05) is 22.8 Å². The lowest BCUT2D eigenvalue weighted by Gasteiger charge is -2.46. The van der Waals surface area contributed by atoms with Crippen molar-refractivity contribution >= 4 is 29.9 Å². The number of carbonyl (C=O) groups excluding carboxylic acids is 2. The fourth-order valence-electron chi connectivity index (χ4n) is 4.03. The fourth-order valence-corrected chi connectivity index (χ4v) is 4.03. The van der Waals surface area contributed by atoms with E-state index in [9.17, 15) is 9.59 Å². The molecule has 0 saturated carbocycles.